The molecule has 0 aliphatic heterocycles. The fraction of sp³-hybridized carbons (Fsp3) is 0.0625. The molecule has 0 amide bonds. The van der Waals surface area contributed by atoms with Gasteiger partial charge >= 0.3 is 5.97 Å². The van der Waals surface area contributed by atoms with Crippen LogP contribution in [-0.4, -0.2) is 21.5 Å². The van der Waals surface area contributed by atoms with Crippen molar-refractivity contribution in [2.75, 3.05) is 11.8 Å². The van der Waals surface area contributed by atoms with Gasteiger partial charge in [0.2, 0.25) is 0 Å². The Morgan fingerprint density at radius 1 is 1.07 bits per heavy atom. The summed E-state index contributed by atoms with van der Waals surface area (Å²) in [4.78, 5) is 9.79. The van der Waals surface area contributed by atoms with Gasteiger partial charge in [0, 0.05) is 6.07 Å². The number of carbonyl (C=O) groups excluding carboxylic acids is 1. The summed E-state index contributed by atoms with van der Waals surface area (Å²) in [6, 6.07) is 2.56. The van der Waals surface area contributed by atoms with Crippen LogP contribution in [-0.2, 0) is 14.8 Å². The highest BCUT2D eigenvalue weighted by atomic mass is 32.2. The van der Waals surface area contributed by atoms with Crippen LogP contribution in [0.2, 0.25) is 0 Å². The molecule has 148 valence electrons. The second kappa shape index (κ2) is 7.73. The molecule has 2 aromatic carbocycles. The van der Waals surface area contributed by atoms with Gasteiger partial charge in [-0.25, -0.2) is 35.2 Å². The summed E-state index contributed by atoms with van der Waals surface area (Å²) in [6.07, 6.45) is 5.92. The molecule has 0 unspecified atom stereocenters. The molecule has 0 saturated heterocycles. The molecule has 0 heterocycles. The van der Waals surface area contributed by atoms with E-state index in [1.165, 1.54) is 6.11 Å². The van der Waals surface area contributed by atoms with Gasteiger partial charge in [-0.2, -0.15) is 0 Å². The zero-order valence-corrected chi connectivity index (χ0v) is 14.5. The number of carbonyl (C=O) groups is 1. The molecule has 0 fully saturated rings. The van der Waals surface area contributed by atoms with Gasteiger partial charge in [-0.15, -0.1) is 0 Å². The zero-order valence-electron chi connectivity index (χ0n) is 13.6. The summed E-state index contributed by atoms with van der Waals surface area (Å²) in [5.74, 6) is -13.0. The van der Waals surface area contributed by atoms with Gasteiger partial charge in [-0.1, -0.05) is 6.42 Å². The first-order valence-electron chi connectivity index (χ1n) is 6.94. The van der Waals surface area contributed by atoms with E-state index in [0.29, 0.717) is 6.07 Å². The van der Waals surface area contributed by atoms with E-state index in [-0.39, 0.29) is 5.75 Å². The van der Waals surface area contributed by atoms with Crippen LogP contribution in [0.25, 0.3) is 0 Å². The minimum atomic E-state index is -5.28. The molecule has 0 aliphatic rings. The molecule has 0 aromatic heterocycles. The molecule has 12 heteroatoms. The molecule has 28 heavy (non-hydrogen) atoms. The summed E-state index contributed by atoms with van der Waals surface area (Å²) in [7, 11) is -4.15. The number of hydrogen-bond donors (Lipinski definition) is 1. The zero-order chi connectivity index (χ0) is 21.2. The van der Waals surface area contributed by atoms with Crippen molar-refractivity contribution in [3.05, 3.63) is 52.8 Å². The summed E-state index contributed by atoms with van der Waals surface area (Å²) in [5, 5.41) is 0. The van der Waals surface area contributed by atoms with Gasteiger partial charge in [-0.05, 0) is 12.1 Å². The van der Waals surface area contributed by atoms with Crippen LogP contribution in [0.3, 0.4) is 0 Å². The van der Waals surface area contributed by atoms with E-state index < -0.39 is 61.2 Å². The lowest BCUT2D eigenvalue weighted by Crippen LogP contribution is -2.23. The number of methoxy groups -OCH3 is 1. The molecule has 0 radical (unpaired) electrons. The van der Waals surface area contributed by atoms with E-state index >= 15 is 0 Å². The third kappa shape index (κ3) is 3.70. The molecule has 2 rings (SSSR count). The van der Waals surface area contributed by atoms with E-state index in [0.717, 1.165) is 19.2 Å². The van der Waals surface area contributed by atoms with Crippen LogP contribution in [0.1, 0.15) is 10.4 Å². The fourth-order valence-electron chi connectivity index (χ4n) is 2.09. The van der Waals surface area contributed by atoms with Gasteiger partial charge in [0.25, 0.3) is 10.0 Å². The van der Waals surface area contributed by atoms with Crippen LogP contribution in [0.4, 0.5) is 27.6 Å². The van der Waals surface area contributed by atoms with Gasteiger partial charge < -0.3 is 9.47 Å². The van der Waals surface area contributed by atoms with Crippen molar-refractivity contribution in [2.24, 2.45) is 0 Å². The third-order valence-corrected chi connectivity index (χ3v) is 4.68. The van der Waals surface area contributed by atoms with Crippen LogP contribution in [0, 0.1) is 41.6 Å². The molecular weight excluding hydrogens is 413 g/mol. The van der Waals surface area contributed by atoms with Crippen LogP contribution >= 0.6 is 0 Å². The lowest BCUT2D eigenvalue weighted by molar-refractivity contribution is 0.0678. The van der Waals surface area contributed by atoms with Crippen LogP contribution in [0.5, 0.6) is 5.75 Å². The second-order valence-corrected chi connectivity index (χ2v) is 6.54. The van der Waals surface area contributed by atoms with Crippen molar-refractivity contribution < 1.29 is 44.6 Å². The Morgan fingerprint density at radius 2 is 1.68 bits per heavy atom. The van der Waals surface area contributed by atoms with Crippen molar-refractivity contribution >= 4 is 21.7 Å². The van der Waals surface area contributed by atoms with Gasteiger partial charge in [0.05, 0.1) is 12.8 Å². The molecule has 6 nitrogen and oxygen atoms in total. The highest BCUT2D eigenvalue weighted by Gasteiger charge is 2.37. The number of terminal acetylenes is 1. The Morgan fingerprint density at radius 3 is 2.21 bits per heavy atom. The maximum absolute atomic E-state index is 14.1. The number of nitrogens with one attached hydrogen (secondary N) is 1. The Kier molecular flexibility index (Phi) is 5.79. The van der Waals surface area contributed by atoms with Crippen LogP contribution in [0.15, 0.2) is 23.1 Å². The number of anilines is 1. The smallest absolute Gasteiger partial charge is 0.356 e. The average Bonchev–Trinajstić information content (AvgIpc) is 2.62. The standard InChI is InChI=1S/C16H8F5NO5S/c1-3-27-16(23)10-11(18)12(19)13(20)14(21)15(10)28(24,25)22-7-4-5-9(26-2)8(17)6-7/h1,4-6,22H,2H3. The van der Waals surface area contributed by atoms with Crippen molar-refractivity contribution in [1.82, 2.24) is 0 Å². The van der Waals surface area contributed by atoms with Crippen molar-refractivity contribution in [2.45, 2.75) is 4.90 Å². The number of sulfonamides is 1. The molecule has 0 bridgehead atoms. The maximum atomic E-state index is 14.1. The number of rotatable bonds is 5. The second-order valence-electron chi connectivity index (χ2n) is 4.92. The van der Waals surface area contributed by atoms with Crippen LogP contribution < -0.4 is 9.46 Å². The molecule has 0 spiro atoms. The Labute approximate surface area is 154 Å². The summed E-state index contributed by atoms with van der Waals surface area (Å²) < 4.78 is 104. The molecule has 0 saturated carbocycles. The molecule has 0 atom stereocenters. The molecule has 0 aliphatic carbocycles. The average molecular weight is 421 g/mol. The van der Waals surface area contributed by atoms with E-state index in [2.05, 4.69) is 15.9 Å². The van der Waals surface area contributed by atoms with E-state index in [1.54, 1.807) is 4.72 Å². The number of hydrogen-bond acceptors (Lipinski definition) is 5. The first-order chi connectivity index (χ1) is 13.0. The highest BCUT2D eigenvalue weighted by Crippen LogP contribution is 2.31. The first kappa shape index (κ1) is 21.0. The Bertz CT molecular complexity index is 1110. The number of halogens is 5. The largest absolute Gasteiger partial charge is 0.494 e. The third-order valence-electron chi connectivity index (χ3n) is 3.25. The fourth-order valence-corrected chi connectivity index (χ4v) is 3.39. The highest BCUT2D eigenvalue weighted by molar-refractivity contribution is 7.92. The minimum Gasteiger partial charge on any atom is -0.494 e. The Hall–Kier alpha value is -3.33. The van der Waals surface area contributed by atoms with Gasteiger partial charge in [-0.3, -0.25) is 4.72 Å². The normalized spacial score (nSPS) is 10.9. The van der Waals surface area contributed by atoms with E-state index in [4.69, 9.17) is 0 Å². The van der Waals surface area contributed by atoms with E-state index in [1.807, 2.05) is 0 Å². The maximum Gasteiger partial charge on any atom is 0.356 e. The van der Waals surface area contributed by atoms with Gasteiger partial charge in [0.1, 0.15) is 16.6 Å². The van der Waals surface area contributed by atoms with Crippen molar-refractivity contribution in [1.29, 1.82) is 0 Å². The van der Waals surface area contributed by atoms with Gasteiger partial charge in [0.15, 0.2) is 34.8 Å². The first-order valence-corrected chi connectivity index (χ1v) is 8.42. The molecule has 2 aromatic rings. The predicted molar refractivity (Wildman–Crippen MR) is 84.3 cm³/mol. The topological polar surface area (TPSA) is 81.7 Å². The number of benzene rings is 2. The SMILES string of the molecule is C#COC(=O)c1c(F)c(F)c(F)c(F)c1S(=O)(=O)Nc1ccc(OC)c(F)c1. The summed E-state index contributed by atoms with van der Waals surface area (Å²) in [6.45, 7) is 0. The quantitative estimate of drug-likeness (QED) is 0.264. The van der Waals surface area contributed by atoms with Crippen molar-refractivity contribution in [3.8, 4) is 18.3 Å². The molecular formula is C16H8F5NO5S. The molecule has 1 N–H and O–H groups in total. The van der Waals surface area contributed by atoms with Crippen molar-refractivity contribution in [3.63, 3.8) is 0 Å². The summed E-state index contributed by atoms with van der Waals surface area (Å²) >= 11 is 0. The predicted octanol–water partition coefficient (Wildman–Crippen LogP) is 2.94. The summed E-state index contributed by atoms with van der Waals surface area (Å²) in [5.41, 5.74) is -2.34. The minimum absolute atomic E-state index is 0.272. The number of esters is 1. The Balaban J connectivity index is 2.69. The lowest BCUT2D eigenvalue weighted by Gasteiger charge is -2.14. The monoisotopic (exact) mass is 421 g/mol. The number of ether oxygens (including phenoxy) is 2. The van der Waals surface area contributed by atoms with E-state index in [9.17, 15) is 35.2 Å². The lowest BCUT2D eigenvalue weighted by atomic mass is 10.2.